The van der Waals surface area contributed by atoms with E-state index >= 15 is 0 Å². The SMILES string of the molecule is O=C1/C(=C/c2ccc(Cl)cc2)CSc2ccc(F)cc21. The molecule has 0 saturated heterocycles. The molecule has 0 aliphatic carbocycles. The molecule has 3 rings (SSSR count). The molecular formula is C16H10ClFOS. The molecule has 2 aromatic rings. The maximum Gasteiger partial charge on any atom is 0.191 e. The van der Waals surface area contributed by atoms with Crippen molar-refractivity contribution in [2.24, 2.45) is 0 Å². The molecule has 0 atom stereocenters. The summed E-state index contributed by atoms with van der Waals surface area (Å²) in [6.45, 7) is 0. The summed E-state index contributed by atoms with van der Waals surface area (Å²) in [4.78, 5) is 13.2. The zero-order chi connectivity index (χ0) is 14.1. The van der Waals surface area contributed by atoms with E-state index in [1.54, 1.807) is 30.0 Å². The molecule has 0 spiro atoms. The van der Waals surface area contributed by atoms with Crippen molar-refractivity contribution in [3.8, 4) is 0 Å². The fourth-order valence-corrected chi connectivity index (χ4v) is 3.19. The molecule has 1 aliphatic rings. The molecule has 0 bridgehead atoms. The second-order valence-corrected chi connectivity index (χ2v) is 5.93. The van der Waals surface area contributed by atoms with Gasteiger partial charge in [-0.05, 0) is 42.0 Å². The Hall–Kier alpha value is -1.58. The average molecular weight is 305 g/mol. The Morgan fingerprint density at radius 1 is 1.15 bits per heavy atom. The van der Waals surface area contributed by atoms with Gasteiger partial charge in [-0.2, -0.15) is 0 Å². The third kappa shape index (κ3) is 2.65. The van der Waals surface area contributed by atoms with Gasteiger partial charge in [0.05, 0.1) is 0 Å². The Bertz CT molecular complexity index is 707. The van der Waals surface area contributed by atoms with Crippen LogP contribution in [0.25, 0.3) is 6.08 Å². The molecule has 4 heteroatoms. The summed E-state index contributed by atoms with van der Waals surface area (Å²) >= 11 is 7.38. The first-order valence-corrected chi connectivity index (χ1v) is 7.43. The van der Waals surface area contributed by atoms with Crippen molar-refractivity contribution >= 4 is 35.2 Å². The van der Waals surface area contributed by atoms with Crippen LogP contribution < -0.4 is 0 Å². The van der Waals surface area contributed by atoms with Crippen molar-refractivity contribution in [1.29, 1.82) is 0 Å². The molecule has 0 saturated carbocycles. The highest BCUT2D eigenvalue weighted by Gasteiger charge is 2.22. The summed E-state index contributed by atoms with van der Waals surface area (Å²) < 4.78 is 13.3. The Balaban J connectivity index is 1.97. The summed E-state index contributed by atoms with van der Waals surface area (Å²) in [5, 5.41) is 0.656. The van der Waals surface area contributed by atoms with Crippen LogP contribution in [0.1, 0.15) is 15.9 Å². The fraction of sp³-hybridized carbons (Fsp3) is 0.0625. The van der Waals surface area contributed by atoms with Gasteiger partial charge in [-0.3, -0.25) is 4.79 Å². The second kappa shape index (κ2) is 5.43. The summed E-state index contributed by atoms with van der Waals surface area (Å²) in [7, 11) is 0. The molecule has 0 radical (unpaired) electrons. The zero-order valence-electron chi connectivity index (χ0n) is 10.4. The van der Waals surface area contributed by atoms with Crippen molar-refractivity contribution in [2.45, 2.75) is 4.90 Å². The lowest BCUT2D eigenvalue weighted by atomic mass is 10.0. The van der Waals surface area contributed by atoms with Gasteiger partial charge in [0.1, 0.15) is 5.82 Å². The second-order valence-electron chi connectivity index (χ2n) is 4.48. The van der Waals surface area contributed by atoms with E-state index in [1.165, 1.54) is 12.1 Å². The van der Waals surface area contributed by atoms with Crippen LogP contribution in [0.4, 0.5) is 4.39 Å². The molecule has 0 N–H and O–H groups in total. The van der Waals surface area contributed by atoms with Gasteiger partial charge in [-0.15, -0.1) is 11.8 Å². The lowest BCUT2D eigenvalue weighted by Gasteiger charge is -2.16. The number of thioether (sulfide) groups is 1. The zero-order valence-corrected chi connectivity index (χ0v) is 12.0. The van der Waals surface area contributed by atoms with Crippen LogP contribution in [0.3, 0.4) is 0 Å². The van der Waals surface area contributed by atoms with Crippen molar-refractivity contribution in [2.75, 3.05) is 5.75 Å². The van der Waals surface area contributed by atoms with Crippen LogP contribution in [-0.2, 0) is 0 Å². The molecule has 0 aromatic heterocycles. The van der Waals surface area contributed by atoms with Gasteiger partial charge in [-0.1, -0.05) is 23.7 Å². The van der Waals surface area contributed by atoms with E-state index in [2.05, 4.69) is 0 Å². The first-order chi connectivity index (χ1) is 9.63. The van der Waals surface area contributed by atoms with Crippen molar-refractivity contribution in [3.63, 3.8) is 0 Å². The number of halogens is 2. The number of fused-ring (bicyclic) bond motifs is 1. The number of ketones is 1. The number of hydrogen-bond donors (Lipinski definition) is 0. The average Bonchev–Trinajstić information content (AvgIpc) is 2.45. The van der Waals surface area contributed by atoms with Crippen LogP contribution in [0, 0.1) is 5.82 Å². The van der Waals surface area contributed by atoms with Crippen LogP contribution in [0.15, 0.2) is 52.9 Å². The normalized spacial score (nSPS) is 16.3. The predicted octanol–water partition coefficient (Wildman–Crippen LogP) is 4.85. The highest BCUT2D eigenvalue weighted by atomic mass is 35.5. The Labute approximate surface area is 125 Å². The fourth-order valence-electron chi connectivity index (χ4n) is 2.07. The van der Waals surface area contributed by atoms with E-state index in [0.29, 0.717) is 21.9 Å². The largest absolute Gasteiger partial charge is 0.289 e. The summed E-state index contributed by atoms with van der Waals surface area (Å²) in [6, 6.07) is 11.6. The van der Waals surface area contributed by atoms with Gasteiger partial charge in [0.25, 0.3) is 0 Å². The van der Waals surface area contributed by atoms with Crippen LogP contribution in [0.2, 0.25) is 5.02 Å². The Morgan fingerprint density at radius 2 is 1.90 bits per heavy atom. The number of benzene rings is 2. The molecule has 1 heterocycles. The molecule has 1 nitrogen and oxygen atoms in total. The highest BCUT2D eigenvalue weighted by molar-refractivity contribution is 7.99. The van der Waals surface area contributed by atoms with E-state index in [0.717, 1.165) is 10.5 Å². The lowest BCUT2D eigenvalue weighted by molar-refractivity contribution is 0.103. The summed E-state index contributed by atoms with van der Waals surface area (Å²) in [5.74, 6) is 0.110. The van der Waals surface area contributed by atoms with E-state index in [-0.39, 0.29) is 11.6 Å². The molecule has 0 amide bonds. The molecule has 2 aromatic carbocycles. The van der Waals surface area contributed by atoms with Crippen LogP contribution in [-0.4, -0.2) is 11.5 Å². The molecule has 0 unspecified atom stereocenters. The quantitative estimate of drug-likeness (QED) is 0.700. The summed E-state index contributed by atoms with van der Waals surface area (Å²) in [6.07, 6.45) is 1.83. The van der Waals surface area contributed by atoms with E-state index in [4.69, 9.17) is 11.6 Å². The van der Waals surface area contributed by atoms with Crippen molar-refractivity contribution in [1.82, 2.24) is 0 Å². The Kier molecular flexibility index (Phi) is 3.64. The van der Waals surface area contributed by atoms with Crippen LogP contribution >= 0.6 is 23.4 Å². The highest BCUT2D eigenvalue weighted by Crippen LogP contribution is 2.33. The van der Waals surface area contributed by atoms with E-state index in [1.807, 2.05) is 18.2 Å². The number of hydrogen-bond acceptors (Lipinski definition) is 2. The number of carbonyl (C=O) groups excluding carboxylic acids is 1. The molecule has 0 fully saturated rings. The minimum absolute atomic E-state index is 0.104. The number of carbonyl (C=O) groups is 1. The maximum atomic E-state index is 13.3. The molecule has 1 aliphatic heterocycles. The lowest BCUT2D eigenvalue weighted by Crippen LogP contribution is -2.12. The summed E-state index contributed by atoms with van der Waals surface area (Å²) in [5.41, 5.74) is 2.04. The van der Waals surface area contributed by atoms with Gasteiger partial charge in [-0.25, -0.2) is 4.39 Å². The third-order valence-electron chi connectivity index (χ3n) is 3.07. The Morgan fingerprint density at radius 3 is 2.65 bits per heavy atom. The first kappa shape index (κ1) is 13.4. The van der Waals surface area contributed by atoms with Crippen molar-refractivity contribution in [3.05, 3.63) is 70.0 Å². The topological polar surface area (TPSA) is 17.1 Å². The van der Waals surface area contributed by atoms with Gasteiger partial charge >= 0.3 is 0 Å². The smallest absolute Gasteiger partial charge is 0.191 e. The molecule has 100 valence electrons. The van der Waals surface area contributed by atoms with E-state index in [9.17, 15) is 9.18 Å². The van der Waals surface area contributed by atoms with Gasteiger partial charge in [0.15, 0.2) is 5.78 Å². The standard InChI is InChI=1S/C16H10ClFOS/c17-12-3-1-10(2-4-12)7-11-9-20-15-6-5-13(18)8-14(15)16(11)19/h1-8H,9H2/b11-7+. The monoisotopic (exact) mass is 304 g/mol. The van der Waals surface area contributed by atoms with Crippen LogP contribution in [0.5, 0.6) is 0 Å². The minimum atomic E-state index is -0.384. The van der Waals surface area contributed by atoms with Gasteiger partial charge in [0, 0.05) is 26.8 Å². The minimum Gasteiger partial charge on any atom is -0.289 e. The van der Waals surface area contributed by atoms with Crippen molar-refractivity contribution < 1.29 is 9.18 Å². The predicted molar refractivity (Wildman–Crippen MR) is 80.9 cm³/mol. The first-order valence-electron chi connectivity index (χ1n) is 6.07. The third-order valence-corrected chi connectivity index (χ3v) is 4.45. The maximum absolute atomic E-state index is 13.3. The van der Waals surface area contributed by atoms with Gasteiger partial charge < -0.3 is 0 Å². The van der Waals surface area contributed by atoms with E-state index < -0.39 is 0 Å². The van der Waals surface area contributed by atoms with Gasteiger partial charge in [0.2, 0.25) is 0 Å². The molecule has 20 heavy (non-hydrogen) atoms. The molecular weight excluding hydrogens is 295 g/mol. The number of rotatable bonds is 1. The number of Topliss-reactive ketones (excluding diaryl/α,β-unsaturated/α-hetero) is 1.